The lowest BCUT2D eigenvalue weighted by atomic mass is 10.2. The topological polar surface area (TPSA) is 70.7 Å². The maximum atomic E-state index is 12.6. The van der Waals surface area contributed by atoms with E-state index in [9.17, 15) is 9.59 Å². The summed E-state index contributed by atoms with van der Waals surface area (Å²) < 4.78 is 5.33. The number of nitrogens with zero attached hydrogens (tertiary/aromatic N) is 1. The van der Waals surface area contributed by atoms with Gasteiger partial charge in [0.1, 0.15) is 5.70 Å². The van der Waals surface area contributed by atoms with E-state index < -0.39 is 0 Å². The number of carbonyl (C=O) groups excluding carboxylic acids is 2. The summed E-state index contributed by atoms with van der Waals surface area (Å²) in [4.78, 5) is 28.3. The van der Waals surface area contributed by atoms with Gasteiger partial charge in [-0.15, -0.1) is 11.3 Å². The van der Waals surface area contributed by atoms with E-state index in [1.54, 1.807) is 30.3 Å². The molecule has 2 heterocycles. The quantitative estimate of drug-likeness (QED) is 0.715. The van der Waals surface area contributed by atoms with E-state index in [2.05, 4.69) is 15.5 Å². The minimum absolute atomic E-state index is 0.244. The van der Waals surface area contributed by atoms with Crippen molar-refractivity contribution in [2.75, 3.05) is 39.4 Å². The number of thiophene rings is 1. The minimum atomic E-state index is -0.304. The second-order valence-corrected chi connectivity index (χ2v) is 7.08. The Morgan fingerprint density at radius 3 is 2.59 bits per heavy atom. The lowest BCUT2D eigenvalue weighted by molar-refractivity contribution is -0.117. The van der Waals surface area contributed by atoms with E-state index in [4.69, 9.17) is 4.74 Å². The Labute approximate surface area is 162 Å². The molecule has 2 N–H and O–H groups in total. The Hall–Kier alpha value is -2.48. The number of rotatable bonds is 7. The van der Waals surface area contributed by atoms with Crippen molar-refractivity contribution in [2.45, 2.75) is 0 Å². The third-order valence-electron chi connectivity index (χ3n) is 4.18. The normalized spacial score (nSPS) is 15.3. The van der Waals surface area contributed by atoms with Crippen LogP contribution in [0, 0.1) is 0 Å². The molecule has 7 heteroatoms. The summed E-state index contributed by atoms with van der Waals surface area (Å²) >= 11 is 1.51. The summed E-state index contributed by atoms with van der Waals surface area (Å²) in [7, 11) is 0. The molecule has 142 valence electrons. The van der Waals surface area contributed by atoms with Crippen LogP contribution in [-0.4, -0.2) is 56.1 Å². The number of amides is 2. The summed E-state index contributed by atoms with van der Waals surface area (Å²) in [6.07, 6.45) is 1.70. The highest BCUT2D eigenvalue weighted by molar-refractivity contribution is 7.10. The largest absolute Gasteiger partial charge is 0.379 e. The van der Waals surface area contributed by atoms with Crippen molar-refractivity contribution in [1.82, 2.24) is 15.5 Å². The first-order chi connectivity index (χ1) is 13.2. The molecule has 1 aliphatic heterocycles. The van der Waals surface area contributed by atoms with Gasteiger partial charge in [0.25, 0.3) is 11.8 Å². The Morgan fingerprint density at radius 2 is 1.89 bits per heavy atom. The molecule has 1 aromatic heterocycles. The fourth-order valence-corrected chi connectivity index (χ4v) is 3.36. The van der Waals surface area contributed by atoms with Gasteiger partial charge in [0.15, 0.2) is 0 Å². The molecule has 0 radical (unpaired) electrons. The molecule has 1 aliphatic rings. The maximum Gasteiger partial charge on any atom is 0.267 e. The zero-order valence-corrected chi connectivity index (χ0v) is 15.8. The van der Waals surface area contributed by atoms with Gasteiger partial charge in [0, 0.05) is 36.6 Å². The van der Waals surface area contributed by atoms with Gasteiger partial charge in [-0.25, -0.2) is 0 Å². The second kappa shape index (κ2) is 10.0. The Balaban J connectivity index is 1.62. The molecule has 0 unspecified atom stereocenters. The van der Waals surface area contributed by atoms with Crippen LogP contribution in [0.3, 0.4) is 0 Å². The Morgan fingerprint density at radius 1 is 1.11 bits per heavy atom. The average Bonchev–Trinajstić information content (AvgIpc) is 3.22. The Kier molecular flexibility index (Phi) is 7.15. The fourth-order valence-electron chi connectivity index (χ4n) is 2.71. The Bertz CT molecular complexity index is 769. The van der Waals surface area contributed by atoms with Crippen LogP contribution in [0.4, 0.5) is 0 Å². The smallest absolute Gasteiger partial charge is 0.267 e. The highest BCUT2D eigenvalue weighted by Crippen LogP contribution is 2.13. The third-order valence-corrected chi connectivity index (χ3v) is 5.00. The predicted octanol–water partition coefficient (Wildman–Crippen LogP) is 1.97. The zero-order valence-electron chi connectivity index (χ0n) is 15.0. The molecule has 6 nitrogen and oxygen atoms in total. The lowest BCUT2D eigenvalue weighted by Crippen LogP contribution is -2.42. The van der Waals surface area contributed by atoms with E-state index in [0.717, 1.165) is 37.7 Å². The second-order valence-electron chi connectivity index (χ2n) is 6.10. The van der Waals surface area contributed by atoms with Crippen molar-refractivity contribution in [3.05, 3.63) is 64.0 Å². The molecule has 3 rings (SSSR count). The number of carbonyl (C=O) groups is 2. The molecule has 1 fully saturated rings. The number of ether oxygens (including phenoxy) is 1. The first kappa shape index (κ1) is 19.3. The first-order valence-corrected chi connectivity index (χ1v) is 9.80. The van der Waals surface area contributed by atoms with Crippen LogP contribution in [0.2, 0.25) is 0 Å². The van der Waals surface area contributed by atoms with Crippen molar-refractivity contribution >= 4 is 29.2 Å². The van der Waals surface area contributed by atoms with E-state index in [1.807, 2.05) is 23.6 Å². The SMILES string of the molecule is O=C(NCCN1CCOCC1)/C(=C\c1cccs1)NC(=O)c1ccccc1. The molecule has 1 saturated heterocycles. The highest BCUT2D eigenvalue weighted by atomic mass is 32.1. The van der Waals surface area contributed by atoms with E-state index >= 15 is 0 Å². The molecule has 0 saturated carbocycles. The van der Waals surface area contributed by atoms with Gasteiger partial charge in [0.05, 0.1) is 13.2 Å². The molecular formula is C20H23N3O3S. The van der Waals surface area contributed by atoms with E-state index in [-0.39, 0.29) is 17.5 Å². The van der Waals surface area contributed by atoms with Crippen LogP contribution in [0.25, 0.3) is 6.08 Å². The number of hydrogen-bond acceptors (Lipinski definition) is 5. The molecule has 0 spiro atoms. The summed E-state index contributed by atoms with van der Waals surface area (Å²) in [5.74, 6) is -0.595. The maximum absolute atomic E-state index is 12.6. The molecule has 0 atom stereocenters. The van der Waals surface area contributed by atoms with Crippen LogP contribution in [0.15, 0.2) is 53.5 Å². The highest BCUT2D eigenvalue weighted by Gasteiger charge is 2.15. The molecule has 0 aliphatic carbocycles. The number of benzene rings is 1. The van der Waals surface area contributed by atoms with E-state index in [1.165, 1.54) is 11.3 Å². The molecule has 1 aromatic carbocycles. The van der Waals surface area contributed by atoms with Gasteiger partial charge >= 0.3 is 0 Å². The minimum Gasteiger partial charge on any atom is -0.379 e. The number of morpholine rings is 1. The number of hydrogen-bond donors (Lipinski definition) is 2. The summed E-state index contributed by atoms with van der Waals surface area (Å²) in [5.41, 5.74) is 0.754. The lowest BCUT2D eigenvalue weighted by Gasteiger charge is -2.26. The van der Waals surface area contributed by atoms with Crippen LogP contribution < -0.4 is 10.6 Å². The van der Waals surface area contributed by atoms with Crippen molar-refractivity contribution in [1.29, 1.82) is 0 Å². The molecule has 2 amide bonds. The standard InChI is InChI=1S/C20H23N3O3S/c24-19(16-5-2-1-3-6-16)22-18(15-17-7-4-14-27-17)20(25)21-8-9-23-10-12-26-13-11-23/h1-7,14-15H,8-13H2,(H,21,25)(H,22,24)/b18-15+. The monoisotopic (exact) mass is 385 g/mol. The van der Waals surface area contributed by atoms with Gasteiger partial charge in [0.2, 0.25) is 0 Å². The third kappa shape index (κ3) is 6.02. The number of nitrogens with one attached hydrogen (secondary N) is 2. The van der Waals surface area contributed by atoms with Gasteiger partial charge in [-0.05, 0) is 29.7 Å². The summed E-state index contributed by atoms with van der Waals surface area (Å²) in [5, 5.41) is 7.57. The molecule has 27 heavy (non-hydrogen) atoms. The zero-order chi connectivity index (χ0) is 18.9. The van der Waals surface area contributed by atoms with Gasteiger partial charge in [-0.2, -0.15) is 0 Å². The molecular weight excluding hydrogens is 362 g/mol. The van der Waals surface area contributed by atoms with Crippen LogP contribution >= 0.6 is 11.3 Å². The van der Waals surface area contributed by atoms with Gasteiger partial charge < -0.3 is 15.4 Å². The molecule has 2 aromatic rings. The summed E-state index contributed by atoms with van der Waals surface area (Å²) in [6.45, 7) is 4.47. The first-order valence-electron chi connectivity index (χ1n) is 8.92. The van der Waals surface area contributed by atoms with Crippen molar-refractivity contribution < 1.29 is 14.3 Å². The van der Waals surface area contributed by atoms with Gasteiger partial charge in [-0.3, -0.25) is 14.5 Å². The fraction of sp³-hybridized carbons (Fsp3) is 0.300. The van der Waals surface area contributed by atoms with Crippen molar-refractivity contribution in [3.63, 3.8) is 0 Å². The van der Waals surface area contributed by atoms with Crippen LogP contribution in [-0.2, 0) is 9.53 Å². The van der Waals surface area contributed by atoms with Gasteiger partial charge in [-0.1, -0.05) is 24.3 Å². The van der Waals surface area contributed by atoms with Crippen LogP contribution in [0.5, 0.6) is 0 Å². The van der Waals surface area contributed by atoms with Crippen molar-refractivity contribution in [3.8, 4) is 0 Å². The predicted molar refractivity (Wildman–Crippen MR) is 106 cm³/mol. The molecule has 0 bridgehead atoms. The van der Waals surface area contributed by atoms with E-state index in [0.29, 0.717) is 12.1 Å². The summed E-state index contributed by atoms with van der Waals surface area (Å²) in [6, 6.07) is 12.7. The van der Waals surface area contributed by atoms with Crippen LogP contribution in [0.1, 0.15) is 15.2 Å². The van der Waals surface area contributed by atoms with Crippen molar-refractivity contribution in [2.24, 2.45) is 0 Å². The average molecular weight is 385 g/mol.